The van der Waals surface area contributed by atoms with E-state index in [1.807, 2.05) is 13.0 Å². The quantitative estimate of drug-likeness (QED) is 0.346. The number of Topliss-reactive ketones (excluding diaryl/α,β-unsaturated/α-hetero) is 1. The molecule has 1 saturated heterocycles. The lowest BCUT2D eigenvalue weighted by molar-refractivity contribution is -0.154. The second kappa shape index (κ2) is 9.08. The van der Waals surface area contributed by atoms with Gasteiger partial charge in [0.2, 0.25) is 0 Å². The number of ketones is 1. The van der Waals surface area contributed by atoms with E-state index in [1.54, 1.807) is 0 Å². The van der Waals surface area contributed by atoms with Gasteiger partial charge in [0, 0.05) is 11.1 Å². The summed E-state index contributed by atoms with van der Waals surface area (Å²) in [5.41, 5.74) is 1.18. The van der Waals surface area contributed by atoms with Crippen molar-refractivity contribution in [3.63, 3.8) is 0 Å². The fourth-order valence-electron chi connectivity index (χ4n) is 4.13. The molecule has 1 heterocycles. The normalized spacial score (nSPS) is 19.9. The summed E-state index contributed by atoms with van der Waals surface area (Å²) in [4.78, 5) is 52.8. The molecule has 6 nitrogen and oxygen atoms in total. The predicted molar refractivity (Wildman–Crippen MR) is 120 cm³/mol. The molecule has 1 aliphatic heterocycles. The number of fused-ring (bicyclic) bond motifs is 1. The first-order valence-corrected chi connectivity index (χ1v) is 11.0. The predicted octanol–water partition coefficient (Wildman–Crippen LogP) is 4.71. The van der Waals surface area contributed by atoms with Crippen molar-refractivity contribution in [1.82, 2.24) is 10.0 Å². The van der Waals surface area contributed by atoms with Crippen molar-refractivity contribution in [2.45, 2.75) is 19.8 Å². The molecule has 4 rings (SSSR count). The van der Waals surface area contributed by atoms with Gasteiger partial charge < -0.3 is 0 Å². The van der Waals surface area contributed by atoms with E-state index in [-0.39, 0.29) is 21.2 Å². The Balaban J connectivity index is 1.71. The number of allylic oxidation sites excluding steroid dienone is 2. The van der Waals surface area contributed by atoms with E-state index in [1.165, 1.54) is 30.3 Å². The van der Waals surface area contributed by atoms with Crippen LogP contribution in [-0.2, 0) is 9.59 Å². The molecule has 3 amide bonds. The molecule has 2 atom stereocenters. The molecule has 0 unspecified atom stereocenters. The minimum Gasteiger partial charge on any atom is -0.292 e. The van der Waals surface area contributed by atoms with Gasteiger partial charge in [0.15, 0.2) is 5.78 Å². The molecule has 0 spiro atoms. The highest BCUT2D eigenvalue weighted by molar-refractivity contribution is 6.42. The van der Waals surface area contributed by atoms with Crippen LogP contribution in [0.25, 0.3) is 0 Å². The summed E-state index contributed by atoms with van der Waals surface area (Å²) in [6, 6.07) is 8.92. The Morgan fingerprint density at radius 3 is 2.30 bits per heavy atom. The molecular formula is C24H19Cl2FN2O4. The Bertz CT molecular complexity index is 1200. The number of benzene rings is 2. The lowest BCUT2D eigenvalue weighted by Crippen LogP contribution is -2.52. The number of hydrazine groups is 1. The van der Waals surface area contributed by atoms with E-state index in [2.05, 4.69) is 0 Å². The van der Waals surface area contributed by atoms with Crippen LogP contribution in [0.2, 0.25) is 10.0 Å². The number of amides is 3. The zero-order valence-corrected chi connectivity index (χ0v) is 19.1. The van der Waals surface area contributed by atoms with Crippen LogP contribution in [0.3, 0.4) is 0 Å². The van der Waals surface area contributed by atoms with Crippen LogP contribution in [0.4, 0.5) is 4.39 Å². The molecule has 1 fully saturated rings. The number of hydrogen-bond acceptors (Lipinski definition) is 4. The highest BCUT2D eigenvalue weighted by Gasteiger charge is 2.51. The molecule has 9 heteroatoms. The zero-order valence-electron chi connectivity index (χ0n) is 17.6. The van der Waals surface area contributed by atoms with Gasteiger partial charge in [-0.3, -0.25) is 19.2 Å². The standard InChI is InChI=1S/C24H19Cl2FN2O4/c1-13-2-8-17-18(10-13)24(33)29(23(17)32)28(12-21(30)14-3-6-16(27)7-4-14)22(31)15-5-9-19(25)20(26)11-15/h2-7,9,11,17-18H,8,10,12H2,1H3/t17-,18+/m1/s1. The smallest absolute Gasteiger partial charge is 0.273 e. The molecule has 170 valence electrons. The zero-order chi connectivity index (χ0) is 23.9. The Kier molecular flexibility index (Phi) is 6.36. The maximum atomic E-state index is 13.4. The summed E-state index contributed by atoms with van der Waals surface area (Å²) >= 11 is 12.0. The van der Waals surface area contributed by atoms with Gasteiger partial charge in [-0.2, -0.15) is 5.01 Å². The molecule has 0 aromatic heterocycles. The topological polar surface area (TPSA) is 74.8 Å². The van der Waals surface area contributed by atoms with E-state index in [0.717, 1.165) is 27.7 Å². The molecule has 0 saturated carbocycles. The number of halogens is 3. The number of carbonyl (C=O) groups excluding carboxylic acids is 4. The van der Waals surface area contributed by atoms with Gasteiger partial charge in [0.05, 0.1) is 21.9 Å². The van der Waals surface area contributed by atoms with Crippen molar-refractivity contribution in [2.24, 2.45) is 11.8 Å². The second-order valence-corrected chi connectivity index (χ2v) is 8.93. The first-order chi connectivity index (χ1) is 15.7. The van der Waals surface area contributed by atoms with Gasteiger partial charge >= 0.3 is 0 Å². The highest BCUT2D eigenvalue weighted by Crippen LogP contribution is 2.38. The Hall–Kier alpha value is -3.03. The van der Waals surface area contributed by atoms with Crippen molar-refractivity contribution in [2.75, 3.05) is 6.54 Å². The molecular weight excluding hydrogens is 470 g/mol. The maximum Gasteiger partial charge on any atom is 0.273 e. The van der Waals surface area contributed by atoms with E-state index in [0.29, 0.717) is 12.8 Å². The Morgan fingerprint density at radius 2 is 1.64 bits per heavy atom. The van der Waals surface area contributed by atoms with Crippen molar-refractivity contribution < 1.29 is 23.6 Å². The van der Waals surface area contributed by atoms with Crippen molar-refractivity contribution >= 4 is 46.7 Å². The minimum absolute atomic E-state index is 0.0566. The third kappa shape index (κ3) is 4.43. The van der Waals surface area contributed by atoms with Gasteiger partial charge in [0.25, 0.3) is 17.7 Å². The van der Waals surface area contributed by atoms with Crippen LogP contribution in [-0.4, -0.2) is 40.1 Å². The average Bonchev–Trinajstić information content (AvgIpc) is 3.03. The van der Waals surface area contributed by atoms with Gasteiger partial charge in [-0.25, -0.2) is 9.40 Å². The molecule has 0 N–H and O–H groups in total. The van der Waals surface area contributed by atoms with Crippen LogP contribution in [0, 0.1) is 17.7 Å². The van der Waals surface area contributed by atoms with Crippen molar-refractivity contribution in [3.8, 4) is 0 Å². The summed E-state index contributed by atoms with van der Waals surface area (Å²) < 4.78 is 13.3. The Labute approximate surface area is 199 Å². The van der Waals surface area contributed by atoms with Crippen molar-refractivity contribution in [1.29, 1.82) is 0 Å². The monoisotopic (exact) mass is 488 g/mol. The van der Waals surface area contributed by atoms with E-state index < -0.39 is 47.7 Å². The van der Waals surface area contributed by atoms with Gasteiger partial charge in [-0.1, -0.05) is 34.9 Å². The fourth-order valence-corrected chi connectivity index (χ4v) is 4.43. The molecule has 1 aliphatic carbocycles. The van der Waals surface area contributed by atoms with Crippen LogP contribution < -0.4 is 0 Å². The maximum absolute atomic E-state index is 13.4. The first kappa shape index (κ1) is 23.1. The average molecular weight is 489 g/mol. The van der Waals surface area contributed by atoms with Gasteiger partial charge in [-0.05, 0) is 62.2 Å². The summed E-state index contributed by atoms with van der Waals surface area (Å²) in [6.07, 6.45) is 2.70. The summed E-state index contributed by atoms with van der Waals surface area (Å²) in [5, 5.41) is 1.97. The second-order valence-electron chi connectivity index (χ2n) is 8.11. The third-order valence-electron chi connectivity index (χ3n) is 5.90. The third-order valence-corrected chi connectivity index (χ3v) is 6.64. The SMILES string of the molecule is CC1=CC[C@H]2C(=O)N(N(CC(=O)c3ccc(F)cc3)C(=O)c3ccc(Cl)c(Cl)c3)C(=O)[C@H]2C1. The molecule has 0 bridgehead atoms. The lowest BCUT2D eigenvalue weighted by Gasteiger charge is -2.30. The summed E-state index contributed by atoms with van der Waals surface area (Å²) in [7, 11) is 0. The van der Waals surface area contributed by atoms with E-state index >= 15 is 0 Å². The first-order valence-electron chi connectivity index (χ1n) is 10.3. The van der Waals surface area contributed by atoms with Crippen molar-refractivity contribution in [3.05, 3.63) is 81.1 Å². The molecule has 0 radical (unpaired) electrons. The largest absolute Gasteiger partial charge is 0.292 e. The number of carbonyl (C=O) groups is 4. The number of rotatable bonds is 5. The van der Waals surface area contributed by atoms with Gasteiger partial charge in [0.1, 0.15) is 12.4 Å². The van der Waals surface area contributed by atoms with E-state index in [4.69, 9.17) is 23.2 Å². The number of hydrogen-bond donors (Lipinski definition) is 0. The molecule has 2 aromatic rings. The van der Waals surface area contributed by atoms with Crippen LogP contribution in [0.5, 0.6) is 0 Å². The van der Waals surface area contributed by atoms with Gasteiger partial charge in [-0.15, -0.1) is 0 Å². The minimum atomic E-state index is -0.756. The van der Waals surface area contributed by atoms with Crippen LogP contribution >= 0.6 is 23.2 Å². The number of imide groups is 1. The Morgan fingerprint density at radius 1 is 1.00 bits per heavy atom. The molecule has 33 heavy (non-hydrogen) atoms. The number of nitrogens with zero attached hydrogens (tertiary/aromatic N) is 2. The van der Waals surface area contributed by atoms with Crippen LogP contribution in [0.15, 0.2) is 54.1 Å². The fraction of sp³-hybridized carbons (Fsp3) is 0.250. The molecule has 2 aliphatic rings. The summed E-state index contributed by atoms with van der Waals surface area (Å²) in [5.74, 6) is -4.08. The lowest BCUT2D eigenvalue weighted by atomic mass is 9.82. The molecule has 2 aromatic carbocycles. The van der Waals surface area contributed by atoms with Crippen LogP contribution in [0.1, 0.15) is 40.5 Å². The van der Waals surface area contributed by atoms with E-state index in [9.17, 15) is 23.6 Å². The highest BCUT2D eigenvalue weighted by atomic mass is 35.5. The summed E-state index contributed by atoms with van der Waals surface area (Å²) in [6.45, 7) is 1.29.